The van der Waals surface area contributed by atoms with Crippen LogP contribution in [0.5, 0.6) is 0 Å². The highest BCUT2D eigenvalue weighted by Gasteiger charge is 2.30. The van der Waals surface area contributed by atoms with E-state index in [4.69, 9.17) is 4.74 Å². The second kappa shape index (κ2) is 6.34. The van der Waals surface area contributed by atoms with Crippen LogP contribution in [0.25, 0.3) is 5.52 Å². The lowest BCUT2D eigenvalue weighted by molar-refractivity contribution is -0.128. The number of carbonyl (C=O) groups excluding carboxylic acids is 1. The van der Waals surface area contributed by atoms with Crippen molar-refractivity contribution in [1.82, 2.24) is 15.0 Å². The summed E-state index contributed by atoms with van der Waals surface area (Å²) >= 11 is 0. The normalized spacial score (nSPS) is 19.5. The molecule has 0 bridgehead atoms. The molecule has 0 saturated carbocycles. The number of rotatable bonds is 3. The van der Waals surface area contributed by atoms with Gasteiger partial charge < -0.3 is 19.8 Å². The molecule has 0 spiro atoms. The fourth-order valence-corrected chi connectivity index (χ4v) is 3.15. The number of nitrogens with one attached hydrogen (secondary N) is 2. The molecule has 3 rings (SSSR count). The third kappa shape index (κ3) is 3.26. The van der Waals surface area contributed by atoms with Gasteiger partial charge in [0.25, 0.3) is 0 Å². The van der Waals surface area contributed by atoms with Gasteiger partial charge in [0.05, 0.1) is 24.7 Å². The number of fused-ring (bicyclic) bond motifs is 1. The summed E-state index contributed by atoms with van der Waals surface area (Å²) in [6, 6.07) is 8.32. The maximum absolute atomic E-state index is 12.6. The van der Waals surface area contributed by atoms with Gasteiger partial charge in [-0.25, -0.2) is 0 Å². The molecule has 2 aromatic rings. The van der Waals surface area contributed by atoms with Crippen molar-refractivity contribution in [3.63, 3.8) is 0 Å². The Bertz CT molecular complexity index is 697. The van der Waals surface area contributed by atoms with Crippen molar-refractivity contribution >= 4 is 11.4 Å². The minimum atomic E-state index is -0.455. The van der Waals surface area contributed by atoms with Gasteiger partial charge in [0.2, 0.25) is 5.91 Å². The Morgan fingerprint density at radius 1 is 1.39 bits per heavy atom. The van der Waals surface area contributed by atoms with Gasteiger partial charge in [-0.15, -0.1) is 0 Å². The van der Waals surface area contributed by atoms with Gasteiger partial charge in [0.15, 0.2) is 0 Å². The van der Waals surface area contributed by atoms with Crippen LogP contribution in [0.3, 0.4) is 0 Å². The molecule has 1 fully saturated rings. The van der Waals surface area contributed by atoms with Gasteiger partial charge >= 0.3 is 0 Å². The predicted octanol–water partition coefficient (Wildman–Crippen LogP) is 1.84. The molecule has 2 aromatic heterocycles. The topological polar surface area (TPSA) is 54.8 Å². The van der Waals surface area contributed by atoms with Crippen LogP contribution in [-0.2, 0) is 15.1 Å². The van der Waals surface area contributed by atoms with Crippen molar-refractivity contribution < 1.29 is 9.53 Å². The third-order valence-corrected chi connectivity index (χ3v) is 4.48. The van der Waals surface area contributed by atoms with Crippen molar-refractivity contribution in [2.24, 2.45) is 5.92 Å². The Morgan fingerprint density at radius 3 is 3.04 bits per heavy atom. The summed E-state index contributed by atoms with van der Waals surface area (Å²) in [4.78, 5) is 12.6. The number of aromatic nitrogens is 1. The molecule has 0 radical (unpaired) electrons. The highest BCUT2D eigenvalue weighted by Crippen LogP contribution is 2.25. The summed E-state index contributed by atoms with van der Waals surface area (Å²) in [5.41, 5.74) is 3.02. The second-order valence-corrected chi connectivity index (χ2v) is 6.76. The minimum Gasteiger partial charge on any atom is -0.379 e. The summed E-state index contributed by atoms with van der Waals surface area (Å²) in [7, 11) is 0. The largest absolute Gasteiger partial charge is 0.379 e. The van der Waals surface area contributed by atoms with E-state index in [1.54, 1.807) is 0 Å². The van der Waals surface area contributed by atoms with Crippen LogP contribution in [0.1, 0.15) is 25.1 Å². The molecule has 1 saturated heterocycles. The van der Waals surface area contributed by atoms with Crippen LogP contribution < -0.4 is 10.6 Å². The SMILES string of the molecule is Cc1cccn2c(C(C)(C)NC(=O)C3CNCCOC3)ccc12. The van der Waals surface area contributed by atoms with E-state index >= 15 is 0 Å². The first-order chi connectivity index (χ1) is 11.0. The summed E-state index contributed by atoms with van der Waals surface area (Å²) in [6.45, 7) is 8.78. The Kier molecular flexibility index (Phi) is 4.41. The van der Waals surface area contributed by atoms with Crippen molar-refractivity contribution in [2.45, 2.75) is 26.3 Å². The highest BCUT2D eigenvalue weighted by molar-refractivity contribution is 5.80. The van der Waals surface area contributed by atoms with Crippen LogP contribution in [0.2, 0.25) is 0 Å². The molecule has 1 aliphatic rings. The van der Waals surface area contributed by atoms with Gasteiger partial charge in [-0.1, -0.05) is 6.07 Å². The van der Waals surface area contributed by atoms with Crippen LogP contribution in [0, 0.1) is 12.8 Å². The molecule has 1 amide bonds. The quantitative estimate of drug-likeness (QED) is 0.909. The van der Waals surface area contributed by atoms with Crippen LogP contribution >= 0.6 is 0 Å². The van der Waals surface area contributed by atoms with Gasteiger partial charge in [-0.3, -0.25) is 4.79 Å². The smallest absolute Gasteiger partial charge is 0.227 e. The fourth-order valence-electron chi connectivity index (χ4n) is 3.15. The molecule has 3 heterocycles. The minimum absolute atomic E-state index is 0.0343. The number of amides is 1. The first-order valence-electron chi connectivity index (χ1n) is 8.17. The van der Waals surface area contributed by atoms with E-state index in [9.17, 15) is 4.79 Å². The first-order valence-corrected chi connectivity index (χ1v) is 8.17. The number of hydrogen-bond donors (Lipinski definition) is 2. The van der Waals surface area contributed by atoms with Crippen molar-refractivity contribution in [1.29, 1.82) is 0 Å². The summed E-state index contributed by atoms with van der Waals surface area (Å²) in [6.07, 6.45) is 2.04. The molecule has 2 N–H and O–H groups in total. The molecule has 1 aliphatic heterocycles. The molecule has 124 valence electrons. The molecular weight excluding hydrogens is 290 g/mol. The Morgan fingerprint density at radius 2 is 2.22 bits per heavy atom. The molecule has 0 aromatic carbocycles. The first kappa shape index (κ1) is 16.0. The van der Waals surface area contributed by atoms with Crippen LogP contribution in [0.15, 0.2) is 30.5 Å². The molecule has 0 aliphatic carbocycles. The van der Waals surface area contributed by atoms with Crippen molar-refractivity contribution in [3.8, 4) is 0 Å². The summed E-state index contributed by atoms with van der Waals surface area (Å²) < 4.78 is 7.64. The van der Waals surface area contributed by atoms with Gasteiger partial charge in [-0.2, -0.15) is 0 Å². The lowest BCUT2D eigenvalue weighted by Gasteiger charge is -2.29. The zero-order chi connectivity index (χ0) is 16.4. The number of pyridine rings is 1. The standard InChI is InChI=1S/C18H25N3O2/c1-13-5-4-9-21-15(13)6-7-16(21)18(2,3)20-17(22)14-11-19-8-10-23-12-14/h4-7,9,14,19H,8,10-12H2,1-3H3,(H,20,22). The van der Waals surface area contributed by atoms with Gasteiger partial charge in [0.1, 0.15) is 0 Å². The van der Waals surface area contributed by atoms with E-state index in [1.165, 1.54) is 11.1 Å². The van der Waals surface area contributed by atoms with Crippen LogP contribution in [-0.4, -0.2) is 36.6 Å². The molecule has 5 nitrogen and oxygen atoms in total. The maximum atomic E-state index is 12.6. The van der Waals surface area contributed by atoms with Crippen LogP contribution in [0.4, 0.5) is 0 Å². The van der Waals surface area contributed by atoms with E-state index in [1.807, 2.05) is 26.1 Å². The Labute approximate surface area is 137 Å². The molecular formula is C18H25N3O2. The van der Waals surface area contributed by atoms with E-state index in [0.29, 0.717) is 19.8 Å². The number of ether oxygens (including phenoxy) is 1. The number of aryl methyl sites for hydroxylation is 1. The van der Waals surface area contributed by atoms with Gasteiger partial charge in [0, 0.05) is 30.5 Å². The predicted molar refractivity (Wildman–Crippen MR) is 90.5 cm³/mol. The lowest BCUT2D eigenvalue weighted by Crippen LogP contribution is -2.47. The average molecular weight is 315 g/mol. The highest BCUT2D eigenvalue weighted by atomic mass is 16.5. The van der Waals surface area contributed by atoms with E-state index in [2.05, 4.69) is 40.2 Å². The number of hydrogen-bond acceptors (Lipinski definition) is 3. The third-order valence-electron chi connectivity index (χ3n) is 4.48. The Hall–Kier alpha value is -1.85. The zero-order valence-electron chi connectivity index (χ0n) is 14.1. The lowest BCUT2D eigenvalue weighted by atomic mass is 9.98. The molecule has 23 heavy (non-hydrogen) atoms. The van der Waals surface area contributed by atoms with E-state index in [-0.39, 0.29) is 11.8 Å². The molecule has 1 unspecified atom stereocenters. The fraction of sp³-hybridized carbons (Fsp3) is 0.500. The van der Waals surface area contributed by atoms with E-state index in [0.717, 1.165) is 12.2 Å². The summed E-state index contributed by atoms with van der Waals surface area (Å²) in [5, 5.41) is 6.43. The average Bonchev–Trinajstić information content (AvgIpc) is 2.77. The van der Waals surface area contributed by atoms with Crippen molar-refractivity contribution in [2.75, 3.05) is 26.3 Å². The monoisotopic (exact) mass is 315 g/mol. The van der Waals surface area contributed by atoms with E-state index < -0.39 is 5.54 Å². The second-order valence-electron chi connectivity index (χ2n) is 6.76. The maximum Gasteiger partial charge on any atom is 0.227 e. The summed E-state index contributed by atoms with van der Waals surface area (Å²) in [5.74, 6) is -0.114. The van der Waals surface area contributed by atoms with Crippen molar-refractivity contribution in [3.05, 3.63) is 41.7 Å². The van der Waals surface area contributed by atoms with Gasteiger partial charge in [-0.05, 0) is 44.5 Å². The molecule has 1 atom stereocenters. The number of nitrogens with zero attached hydrogens (tertiary/aromatic N) is 1. The Balaban J connectivity index is 1.82. The molecule has 5 heteroatoms. The zero-order valence-corrected chi connectivity index (χ0v) is 14.1. The number of carbonyl (C=O) groups is 1.